The number of aryl methyl sites for hydroxylation is 2. The van der Waals surface area contributed by atoms with E-state index in [1.165, 1.54) is 0 Å². The number of rotatable bonds is 2. The molecule has 2 heterocycles. The highest BCUT2D eigenvalue weighted by Gasteiger charge is 2.36. The number of nitrogens with zero attached hydrogens (tertiary/aromatic N) is 2. The van der Waals surface area contributed by atoms with Crippen molar-refractivity contribution in [3.8, 4) is 17.3 Å². The summed E-state index contributed by atoms with van der Waals surface area (Å²) in [5, 5.41) is 11.9. The smallest absolute Gasteiger partial charge is 0.216 e. The fraction of sp³-hybridized carbons (Fsp3) is 0.290. The lowest BCUT2D eigenvalue weighted by atomic mass is 9.79. The van der Waals surface area contributed by atoms with Crippen LogP contribution in [-0.4, -0.2) is 0 Å². The zero-order valence-corrected chi connectivity index (χ0v) is 19.9. The molecule has 0 amide bonds. The van der Waals surface area contributed by atoms with E-state index in [9.17, 15) is 5.26 Å². The Bertz CT molecular complexity index is 1780. The van der Waals surface area contributed by atoms with Crippen LogP contribution in [0.15, 0.2) is 70.3 Å². The SMILES string of the molecule is [2H]C1([2H])CCC([2H])([2H])C2=C1C(c1c(C#N)ccc3c1oc1c(-c4cccc[n+]4C)c(C)ccc13)=CC2(C)C. The number of aromatic nitrogens is 1. The fourth-order valence-electron chi connectivity index (χ4n) is 5.50. The molecule has 0 fully saturated rings. The van der Waals surface area contributed by atoms with Gasteiger partial charge in [-0.25, -0.2) is 4.57 Å². The van der Waals surface area contributed by atoms with Gasteiger partial charge in [-0.3, -0.25) is 0 Å². The highest BCUT2D eigenvalue weighted by Crippen LogP contribution is 2.52. The topological polar surface area (TPSA) is 40.8 Å². The summed E-state index contributed by atoms with van der Waals surface area (Å²) in [5.41, 5.74) is 5.91. The third kappa shape index (κ3) is 2.91. The van der Waals surface area contributed by atoms with Crippen molar-refractivity contribution in [2.45, 2.75) is 46.4 Å². The molecule has 2 aromatic carbocycles. The van der Waals surface area contributed by atoms with Crippen LogP contribution in [0.1, 0.15) is 61.6 Å². The summed E-state index contributed by atoms with van der Waals surface area (Å²) < 4.78 is 44.1. The van der Waals surface area contributed by atoms with E-state index in [1.54, 1.807) is 6.07 Å². The van der Waals surface area contributed by atoms with Crippen molar-refractivity contribution in [1.29, 1.82) is 5.26 Å². The minimum atomic E-state index is -1.72. The van der Waals surface area contributed by atoms with Gasteiger partial charge in [0.15, 0.2) is 6.20 Å². The van der Waals surface area contributed by atoms with Gasteiger partial charge in [0.25, 0.3) is 0 Å². The predicted molar refractivity (Wildman–Crippen MR) is 137 cm³/mol. The van der Waals surface area contributed by atoms with Crippen LogP contribution in [-0.2, 0) is 7.05 Å². The van der Waals surface area contributed by atoms with Gasteiger partial charge in [-0.15, -0.1) is 0 Å². The number of nitriles is 1. The first kappa shape index (κ1) is 16.9. The summed E-state index contributed by atoms with van der Waals surface area (Å²) in [7, 11) is 1.99. The van der Waals surface area contributed by atoms with E-state index < -0.39 is 18.2 Å². The number of hydrogen-bond acceptors (Lipinski definition) is 2. The van der Waals surface area contributed by atoms with Crippen LogP contribution in [0.4, 0.5) is 0 Å². The van der Waals surface area contributed by atoms with Crippen LogP contribution in [0.5, 0.6) is 0 Å². The molecule has 3 nitrogen and oxygen atoms in total. The Morgan fingerprint density at radius 1 is 1.00 bits per heavy atom. The summed E-state index contributed by atoms with van der Waals surface area (Å²) >= 11 is 0. The molecule has 0 radical (unpaired) electrons. The van der Waals surface area contributed by atoms with Gasteiger partial charge in [0, 0.05) is 39.4 Å². The third-order valence-corrected chi connectivity index (χ3v) is 7.12. The Morgan fingerprint density at radius 2 is 1.74 bits per heavy atom. The number of benzene rings is 2. The van der Waals surface area contributed by atoms with Gasteiger partial charge in [-0.2, -0.15) is 5.26 Å². The Morgan fingerprint density at radius 3 is 2.50 bits per heavy atom. The first-order chi connectivity index (χ1) is 17.9. The first-order valence-corrected chi connectivity index (χ1v) is 11.7. The number of fused-ring (bicyclic) bond motifs is 3. The second-order valence-corrected chi connectivity index (χ2v) is 9.79. The van der Waals surface area contributed by atoms with Crippen LogP contribution in [0, 0.1) is 23.7 Å². The molecule has 0 N–H and O–H groups in total. The number of furan rings is 1. The minimum absolute atomic E-state index is 0.0814. The second kappa shape index (κ2) is 7.43. The lowest BCUT2D eigenvalue weighted by molar-refractivity contribution is -0.660. The van der Waals surface area contributed by atoms with E-state index in [4.69, 9.17) is 9.90 Å². The summed E-state index contributed by atoms with van der Waals surface area (Å²) in [5.74, 6) is 0. The van der Waals surface area contributed by atoms with Crippen molar-refractivity contribution in [2.75, 3.05) is 0 Å². The number of pyridine rings is 1. The Kier molecular flexibility index (Phi) is 3.69. The molecule has 0 aliphatic heterocycles. The van der Waals surface area contributed by atoms with Gasteiger partial charge in [0.1, 0.15) is 18.2 Å². The molecule has 34 heavy (non-hydrogen) atoms. The van der Waals surface area contributed by atoms with E-state index in [2.05, 4.69) is 12.1 Å². The molecular formula is C31H29N2O+. The third-order valence-electron chi connectivity index (χ3n) is 7.12. The molecule has 0 spiro atoms. The molecule has 6 rings (SSSR count). The zero-order valence-electron chi connectivity index (χ0n) is 23.9. The molecule has 168 valence electrons. The molecule has 4 aromatic rings. The van der Waals surface area contributed by atoms with Crippen molar-refractivity contribution in [3.05, 3.63) is 82.6 Å². The maximum Gasteiger partial charge on any atom is 0.216 e. The predicted octanol–water partition coefficient (Wildman–Crippen LogP) is 7.55. The molecule has 3 heteroatoms. The maximum atomic E-state index is 10.2. The van der Waals surface area contributed by atoms with Crippen molar-refractivity contribution < 1.29 is 14.5 Å². The largest absolute Gasteiger partial charge is 0.454 e. The molecule has 2 aliphatic carbocycles. The highest BCUT2D eigenvalue weighted by atomic mass is 16.3. The Balaban J connectivity index is 1.73. The monoisotopic (exact) mass is 449 g/mol. The summed E-state index contributed by atoms with van der Waals surface area (Å²) in [6.45, 7) is 5.90. The van der Waals surface area contributed by atoms with Crippen molar-refractivity contribution >= 4 is 27.5 Å². The summed E-state index contributed by atoms with van der Waals surface area (Å²) in [6, 6.07) is 16.1. The van der Waals surface area contributed by atoms with Crippen LogP contribution in [0.25, 0.3) is 38.8 Å². The van der Waals surface area contributed by atoms with E-state index in [-0.39, 0.29) is 12.8 Å². The van der Waals surface area contributed by atoms with E-state index in [0.29, 0.717) is 39.0 Å². The van der Waals surface area contributed by atoms with Gasteiger partial charge in [-0.05, 0) is 67.4 Å². The van der Waals surface area contributed by atoms with Crippen LogP contribution >= 0.6 is 0 Å². The molecule has 0 unspecified atom stereocenters. The first-order valence-electron chi connectivity index (χ1n) is 13.7. The van der Waals surface area contributed by atoms with Crippen molar-refractivity contribution in [2.24, 2.45) is 12.5 Å². The molecular weight excluding hydrogens is 416 g/mol. The maximum absolute atomic E-state index is 10.2. The normalized spacial score (nSPS) is 21.9. The van der Waals surface area contributed by atoms with Gasteiger partial charge in [0.2, 0.25) is 5.69 Å². The quantitative estimate of drug-likeness (QED) is 0.296. The standard InChI is InChI=1S/C31H29N2O/c1-19-12-14-22-23-15-13-20(18-32)28(24-17-31(2,3)25-10-6-5-9-21(24)25)30(23)34-29(22)27(19)26-11-7-8-16-33(26)4/h7-8,11-17H,5-6,9-10H2,1-4H3/q+1/i9D2,10D2. The van der Waals surface area contributed by atoms with Crippen LogP contribution < -0.4 is 4.57 Å². The van der Waals surface area contributed by atoms with Crippen molar-refractivity contribution in [1.82, 2.24) is 0 Å². The summed E-state index contributed by atoms with van der Waals surface area (Å²) in [4.78, 5) is 0. The minimum Gasteiger partial charge on any atom is -0.454 e. The molecule has 2 aromatic heterocycles. The lowest BCUT2D eigenvalue weighted by Crippen LogP contribution is -2.30. The summed E-state index contributed by atoms with van der Waals surface area (Å²) in [6.07, 6.45) is 0.779. The number of hydrogen-bond donors (Lipinski definition) is 0. The molecule has 0 saturated heterocycles. The van der Waals surface area contributed by atoms with Crippen LogP contribution in [0.2, 0.25) is 0 Å². The van der Waals surface area contributed by atoms with Gasteiger partial charge in [-0.1, -0.05) is 37.6 Å². The highest BCUT2D eigenvalue weighted by molar-refractivity contribution is 6.13. The average molecular weight is 450 g/mol. The Labute approximate surface area is 206 Å². The van der Waals surface area contributed by atoms with Gasteiger partial charge >= 0.3 is 0 Å². The molecule has 0 atom stereocenters. The van der Waals surface area contributed by atoms with Gasteiger partial charge < -0.3 is 4.42 Å². The zero-order chi connectivity index (χ0) is 27.2. The van der Waals surface area contributed by atoms with Crippen LogP contribution in [0.3, 0.4) is 0 Å². The average Bonchev–Trinajstić information content (AvgIpc) is 3.37. The van der Waals surface area contributed by atoms with E-state index in [1.807, 2.05) is 75.0 Å². The molecule has 2 aliphatic rings. The fourth-order valence-corrected chi connectivity index (χ4v) is 5.50. The van der Waals surface area contributed by atoms with Crippen molar-refractivity contribution in [3.63, 3.8) is 0 Å². The Hall–Kier alpha value is -3.64. The van der Waals surface area contributed by atoms with E-state index >= 15 is 0 Å². The lowest BCUT2D eigenvalue weighted by Gasteiger charge is -2.25. The second-order valence-electron chi connectivity index (χ2n) is 9.79. The molecule has 0 bridgehead atoms. The molecule has 0 saturated carbocycles. The van der Waals surface area contributed by atoms with Gasteiger partial charge in [0.05, 0.1) is 17.2 Å². The van der Waals surface area contributed by atoms with E-state index in [0.717, 1.165) is 27.6 Å². The number of allylic oxidation sites excluding steroid dienone is 4.